The molecule has 0 aromatic carbocycles. The summed E-state index contributed by atoms with van der Waals surface area (Å²) in [6.07, 6.45) is 16.5. The molecule has 0 spiro atoms. The van der Waals surface area contributed by atoms with Gasteiger partial charge in [0.2, 0.25) is 18.2 Å². The van der Waals surface area contributed by atoms with E-state index in [1.165, 1.54) is 4.57 Å². The summed E-state index contributed by atoms with van der Waals surface area (Å²) in [6, 6.07) is -2.24. The molecule has 0 amide bonds. The Bertz CT molecular complexity index is 1320. The van der Waals surface area contributed by atoms with Crippen LogP contribution in [-0.2, 0) is 14.4 Å². The van der Waals surface area contributed by atoms with Crippen LogP contribution in [0.2, 0.25) is 0 Å². The highest BCUT2D eigenvalue weighted by Crippen LogP contribution is 2.36. The zero-order valence-corrected chi connectivity index (χ0v) is 24.5. The molecular weight excluding hydrogens is 540 g/mol. The van der Waals surface area contributed by atoms with Gasteiger partial charge in [-0.15, -0.1) is 0 Å². The lowest BCUT2D eigenvalue weighted by molar-refractivity contribution is 0.185. The summed E-state index contributed by atoms with van der Waals surface area (Å²) in [5.41, 5.74) is -2.17. The first-order chi connectivity index (χ1) is 20.4. The van der Waals surface area contributed by atoms with Crippen molar-refractivity contribution in [2.24, 2.45) is 32.7 Å². The number of isocyanates is 3. The van der Waals surface area contributed by atoms with E-state index in [1.54, 1.807) is 25.2 Å². The number of aliphatic imine (C=N–C) groups is 3. The number of nitrogens with zero attached hydrogens (tertiary/aromatic N) is 6. The minimum absolute atomic E-state index is 0.0712. The molecular formula is C30H42N6O6. The van der Waals surface area contributed by atoms with Gasteiger partial charge in [-0.25, -0.2) is 57.4 Å². The Kier molecular flexibility index (Phi) is 11.4. The molecule has 0 bridgehead atoms. The standard InChI is InChI=1S/C30H42N6O6/c1-21(24-13-8-14-25(15-24)33-20-39)34-28(40)35(26(16-31-18-37)22-9-4-2-5-10-22)30(42)36(29(34)41)27(17-32-19-38)23-11-6-3-7-12-23/h21-27H,2-17H2,1H3. The van der Waals surface area contributed by atoms with Crippen molar-refractivity contribution in [2.45, 2.75) is 121 Å². The van der Waals surface area contributed by atoms with Crippen LogP contribution in [0, 0.1) is 17.8 Å². The largest absolute Gasteiger partial charge is 0.336 e. The van der Waals surface area contributed by atoms with E-state index in [1.807, 2.05) is 0 Å². The number of carbonyl (C=O) groups excluding carboxylic acids is 3. The third-order valence-electron chi connectivity index (χ3n) is 9.99. The first-order valence-corrected chi connectivity index (χ1v) is 15.6. The third kappa shape index (κ3) is 6.95. The highest BCUT2D eigenvalue weighted by atomic mass is 16.2. The maximum absolute atomic E-state index is 14.4. The van der Waals surface area contributed by atoms with Crippen molar-refractivity contribution in [1.29, 1.82) is 0 Å². The Morgan fingerprint density at radius 1 is 0.619 bits per heavy atom. The predicted molar refractivity (Wildman–Crippen MR) is 155 cm³/mol. The van der Waals surface area contributed by atoms with Crippen molar-refractivity contribution in [3.05, 3.63) is 31.5 Å². The summed E-state index contributed by atoms with van der Waals surface area (Å²) in [5.74, 6) is -0.274. The Hall–Kier alpha value is -3.45. The highest BCUT2D eigenvalue weighted by Gasteiger charge is 2.36. The molecule has 12 nitrogen and oxygen atoms in total. The highest BCUT2D eigenvalue weighted by molar-refractivity contribution is 5.34. The van der Waals surface area contributed by atoms with E-state index in [0.29, 0.717) is 6.42 Å². The van der Waals surface area contributed by atoms with Gasteiger partial charge in [0.15, 0.2) is 0 Å². The molecule has 1 heterocycles. The summed E-state index contributed by atoms with van der Waals surface area (Å²) < 4.78 is 3.48. The fourth-order valence-corrected chi connectivity index (χ4v) is 7.73. The average Bonchev–Trinajstić information content (AvgIpc) is 3.01. The molecule has 3 aliphatic rings. The Morgan fingerprint density at radius 3 is 1.52 bits per heavy atom. The van der Waals surface area contributed by atoms with Gasteiger partial charge < -0.3 is 0 Å². The summed E-state index contributed by atoms with van der Waals surface area (Å²) in [7, 11) is 0. The second-order valence-electron chi connectivity index (χ2n) is 12.3. The van der Waals surface area contributed by atoms with Crippen LogP contribution in [0.15, 0.2) is 29.4 Å². The molecule has 42 heavy (non-hydrogen) atoms. The Labute approximate surface area is 244 Å². The molecule has 5 atom stereocenters. The first-order valence-electron chi connectivity index (χ1n) is 15.6. The predicted octanol–water partition coefficient (Wildman–Crippen LogP) is 3.54. The molecule has 5 unspecified atom stereocenters. The molecule has 3 saturated carbocycles. The maximum Gasteiger partial charge on any atom is 0.336 e. The van der Waals surface area contributed by atoms with Gasteiger partial charge in [0, 0.05) is 6.04 Å². The second-order valence-corrected chi connectivity index (χ2v) is 12.3. The molecule has 0 aliphatic heterocycles. The van der Waals surface area contributed by atoms with Crippen molar-refractivity contribution in [2.75, 3.05) is 13.1 Å². The second kappa shape index (κ2) is 15.1. The lowest BCUT2D eigenvalue weighted by atomic mass is 9.81. The van der Waals surface area contributed by atoms with Gasteiger partial charge in [0.25, 0.3) is 0 Å². The maximum atomic E-state index is 14.4. The topological polar surface area (TPSA) is 154 Å². The zero-order chi connectivity index (χ0) is 30.1. The minimum atomic E-state index is -0.742. The minimum Gasteiger partial charge on any atom is -0.247 e. The number of aromatic nitrogens is 3. The third-order valence-corrected chi connectivity index (χ3v) is 9.99. The fourth-order valence-electron chi connectivity index (χ4n) is 7.73. The molecule has 1 aromatic heterocycles. The van der Waals surface area contributed by atoms with Crippen molar-refractivity contribution in [3.8, 4) is 0 Å². The van der Waals surface area contributed by atoms with Crippen LogP contribution in [0.5, 0.6) is 0 Å². The SMILES string of the molecule is CC(C1CCCC(N=C=O)C1)n1c(=O)n(C(CN=C=O)C2CCCCC2)c(=O)n(C(CN=C=O)C2CCCCC2)c1=O. The van der Waals surface area contributed by atoms with Gasteiger partial charge in [-0.3, -0.25) is 0 Å². The van der Waals surface area contributed by atoms with Crippen LogP contribution in [0.1, 0.15) is 115 Å². The van der Waals surface area contributed by atoms with Gasteiger partial charge >= 0.3 is 17.1 Å². The van der Waals surface area contributed by atoms with Crippen LogP contribution >= 0.6 is 0 Å². The average molecular weight is 583 g/mol. The lowest BCUT2D eigenvalue weighted by Gasteiger charge is -2.35. The van der Waals surface area contributed by atoms with E-state index in [0.717, 1.165) is 92.6 Å². The van der Waals surface area contributed by atoms with Crippen LogP contribution in [-0.4, -0.2) is 51.1 Å². The summed E-state index contributed by atoms with van der Waals surface area (Å²) in [4.78, 5) is 87.9. The smallest absolute Gasteiger partial charge is 0.247 e. The van der Waals surface area contributed by atoms with Crippen LogP contribution < -0.4 is 17.1 Å². The molecule has 3 aliphatic carbocycles. The monoisotopic (exact) mass is 582 g/mol. The summed E-state index contributed by atoms with van der Waals surface area (Å²) in [6.45, 7) is 1.63. The van der Waals surface area contributed by atoms with Crippen LogP contribution in [0.4, 0.5) is 0 Å². The van der Waals surface area contributed by atoms with Gasteiger partial charge in [0.05, 0.1) is 31.2 Å². The van der Waals surface area contributed by atoms with Crippen molar-refractivity contribution in [1.82, 2.24) is 13.7 Å². The van der Waals surface area contributed by atoms with Gasteiger partial charge in [-0.1, -0.05) is 44.9 Å². The number of hydrogen-bond donors (Lipinski definition) is 0. The zero-order valence-electron chi connectivity index (χ0n) is 24.5. The number of rotatable bonds is 11. The molecule has 228 valence electrons. The van der Waals surface area contributed by atoms with E-state index in [9.17, 15) is 28.8 Å². The normalized spacial score (nSPS) is 23.9. The Balaban J connectivity index is 1.95. The fraction of sp³-hybridized carbons (Fsp3) is 0.800. The molecule has 0 radical (unpaired) electrons. The number of hydrogen-bond acceptors (Lipinski definition) is 9. The van der Waals surface area contributed by atoms with Crippen LogP contribution in [0.25, 0.3) is 0 Å². The molecule has 1 aromatic rings. The first kappa shape index (κ1) is 31.5. The Morgan fingerprint density at radius 2 is 1.07 bits per heavy atom. The molecule has 12 heteroatoms. The lowest BCUT2D eigenvalue weighted by Crippen LogP contribution is -2.59. The molecule has 4 rings (SSSR count). The van der Waals surface area contributed by atoms with E-state index in [2.05, 4.69) is 15.0 Å². The summed E-state index contributed by atoms with van der Waals surface area (Å²) >= 11 is 0. The van der Waals surface area contributed by atoms with Gasteiger partial charge in [-0.2, -0.15) is 0 Å². The summed E-state index contributed by atoms with van der Waals surface area (Å²) in [5, 5.41) is 0. The van der Waals surface area contributed by atoms with Crippen molar-refractivity contribution < 1.29 is 14.4 Å². The molecule has 3 fully saturated rings. The van der Waals surface area contributed by atoms with E-state index in [4.69, 9.17) is 0 Å². The van der Waals surface area contributed by atoms with Gasteiger partial charge in [-0.05, 0) is 69.6 Å². The van der Waals surface area contributed by atoms with E-state index < -0.39 is 35.2 Å². The molecule has 0 N–H and O–H groups in total. The van der Waals surface area contributed by atoms with Crippen LogP contribution in [0.3, 0.4) is 0 Å². The quantitative estimate of drug-likeness (QED) is 0.287. The van der Waals surface area contributed by atoms with Crippen molar-refractivity contribution >= 4 is 18.2 Å². The van der Waals surface area contributed by atoms with Gasteiger partial charge in [0.1, 0.15) is 0 Å². The molecule has 0 saturated heterocycles. The van der Waals surface area contributed by atoms with E-state index >= 15 is 0 Å². The van der Waals surface area contributed by atoms with Crippen molar-refractivity contribution in [3.63, 3.8) is 0 Å². The van der Waals surface area contributed by atoms with E-state index in [-0.39, 0.29) is 36.9 Å².